The lowest BCUT2D eigenvalue weighted by molar-refractivity contribution is -0.384. The van der Waals surface area contributed by atoms with E-state index in [1.807, 2.05) is 0 Å². The lowest BCUT2D eigenvalue weighted by Gasteiger charge is -2.07. The number of carbonyl (C=O) groups excluding carboxylic acids is 1. The first-order valence-electron chi connectivity index (χ1n) is 8.23. The molecule has 11 heteroatoms. The third-order valence-corrected chi connectivity index (χ3v) is 4.54. The summed E-state index contributed by atoms with van der Waals surface area (Å²) in [6.07, 6.45) is 0. The number of nitrogens with one attached hydrogen (secondary N) is 1. The van der Waals surface area contributed by atoms with E-state index in [0.29, 0.717) is 22.7 Å². The summed E-state index contributed by atoms with van der Waals surface area (Å²) in [4.78, 5) is 22.2. The molecule has 3 aromatic rings. The molecule has 0 saturated carbocycles. The molecule has 0 aliphatic heterocycles. The molecule has 3 rings (SSSR count). The predicted molar refractivity (Wildman–Crippen MR) is 105 cm³/mol. The topological polar surface area (TPSA) is 130 Å². The van der Waals surface area contributed by atoms with Gasteiger partial charge in [0.25, 0.3) is 10.9 Å². The minimum Gasteiger partial charge on any atom is -0.493 e. The number of thioether (sulfide) groups is 1. The van der Waals surface area contributed by atoms with Gasteiger partial charge in [0.05, 0.1) is 24.9 Å². The van der Waals surface area contributed by atoms with Gasteiger partial charge in [-0.05, 0) is 30.3 Å². The van der Waals surface area contributed by atoms with Crippen molar-refractivity contribution in [3.05, 3.63) is 52.6 Å². The average Bonchev–Trinajstić information content (AvgIpc) is 3.21. The number of non-ortho nitro benzene ring substituents is 1. The van der Waals surface area contributed by atoms with Gasteiger partial charge in [-0.25, -0.2) is 0 Å². The summed E-state index contributed by atoms with van der Waals surface area (Å²) in [7, 11) is 3.07. The van der Waals surface area contributed by atoms with Crippen LogP contribution in [0.1, 0.15) is 0 Å². The van der Waals surface area contributed by atoms with Gasteiger partial charge in [0.1, 0.15) is 0 Å². The molecule has 0 aliphatic rings. The molecule has 2 aromatic carbocycles. The van der Waals surface area contributed by atoms with Crippen LogP contribution >= 0.6 is 11.8 Å². The third kappa shape index (κ3) is 5.02. The van der Waals surface area contributed by atoms with Crippen LogP contribution in [-0.4, -0.2) is 41.0 Å². The molecule has 1 aromatic heterocycles. The summed E-state index contributed by atoms with van der Waals surface area (Å²) in [6.45, 7) is 0. The van der Waals surface area contributed by atoms with Crippen molar-refractivity contribution in [2.24, 2.45) is 0 Å². The van der Waals surface area contributed by atoms with E-state index in [9.17, 15) is 14.9 Å². The Kier molecular flexibility index (Phi) is 6.29. The van der Waals surface area contributed by atoms with E-state index in [2.05, 4.69) is 15.5 Å². The summed E-state index contributed by atoms with van der Waals surface area (Å²) < 4.78 is 16.0. The number of anilines is 1. The normalized spacial score (nSPS) is 10.4. The molecular formula is C18H16N4O6S. The van der Waals surface area contributed by atoms with Gasteiger partial charge < -0.3 is 19.2 Å². The van der Waals surface area contributed by atoms with Gasteiger partial charge in [-0.3, -0.25) is 14.9 Å². The van der Waals surface area contributed by atoms with Crippen molar-refractivity contribution < 1.29 is 23.6 Å². The van der Waals surface area contributed by atoms with Crippen LogP contribution in [-0.2, 0) is 4.79 Å². The smallest absolute Gasteiger partial charge is 0.277 e. The molecule has 0 radical (unpaired) electrons. The Labute approximate surface area is 169 Å². The molecule has 1 N–H and O–H groups in total. The number of nitro groups is 1. The average molecular weight is 416 g/mol. The second-order valence-corrected chi connectivity index (χ2v) is 6.51. The Morgan fingerprint density at radius 2 is 1.86 bits per heavy atom. The van der Waals surface area contributed by atoms with Gasteiger partial charge in [-0.1, -0.05) is 11.8 Å². The minimum atomic E-state index is -0.507. The standard InChI is InChI=1S/C18H16N4O6S/c1-26-14-8-3-11(9-15(14)27-2)17-20-21-18(28-17)29-10-16(23)19-12-4-6-13(7-5-12)22(24)25/h3-9H,10H2,1-2H3,(H,19,23). The molecule has 0 fully saturated rings. The number of aromatic nitrogens is 2. The van der Waals surface area contributed by atoms with Crippen LogP contribution < -0.4 is 14.8 Å². The first kappa shape index (κ1) is 20.1. The maximum absolute atomic E-state index is 12.0. The van der Waals surface area contributed by atoms with Crippen LogP contribution in [0.5, 0.6) is 11.5 Å². The van der Waals surface area contributed by atoms with Gasteiger partial charge in [-0.15, -0.1) is 10.2 Å². The quantitative estimate of drug-likeness (QED) is 0.333. The highest BCUT2D eigenvalue weighted by molar-refractivity contribution is 7.99. The van der Waals surface area contributed by atoms with E-state index in [1.165, 1.54) is 31.4 Å². The van der Waals surface area contributed by atoms with Crippen molar-refractivity contribution in [3.63, 3.8) is 0 Å². The van der Waals surface area contributed by atoms with E-state index in [0.717, 1.165) is 11.8 Å². The first-order valence-corrected chi connectivity index (χ1v) is 9.21. The van der Waals surface area contributed by atoms with Crippen molar-refractivity contribution in [3.8, 4) is 23.0 Å². The Balaban J connectivity index is 1.59. The SMILES string of the molecule is COc1ccc(-c2nnc(SCC(=O)Nc3ccc([N+](=O)[O-])cc3)o2)cc1OC. The van der Waals surface area contributed by atoms with Crippen LogP contribution in [0.25, 0.3) is 11.5 Å². The van der Waals surface area contributed by atoms with E-state index in [4.69, 9.17) is 13.9 Å². The summed E-state index contributed by atoms with van der Waals surface area (Å²) in [5, 5.41) is 21.4. The highest BCUT2D eigenvalue weighted by Gasteiger charge is 2.14. The molecular weight excluding hydrogens is 400 g/mol. The molecule has 29 heavy (non-hydrogen) atoms. The molecule has 0 unspecified atom stereocenters. The maximum Gasteiger partial charge on any atom is 0.277 e. The van der Waals surface area contributed by atoms with Crippen LogP contribution in [0.4, 0.5) is 11.4 Å². The van der Waals surface area contributed by atoms with Gasteiger partial charge >= 0.3 is 0 Å². The number of benzene rings is 2. The zero-order valence-electron chi connectivity index (χ0n) is 15.4. The fourth-order valence-corrected chi connectivity index (χ4v) is 2.91. The molecule has 10 nitrogen and oxygen atoms in total. The van der Waals surface area contributed by atoms with Crippen LogP contribution in [0.2, 0.25) is 0 Å². The fourth-order valence-electron chi connectivity index (χ4n) is 2.34. The summed E-state index contributed by atoms with van der Waals surface area (Å²) >= 11 is 1.07. The number of amides is 1. The van der Waals surface area contributed by atoms with Crippen molar-refractivity contribution in [1.82, 2.24) is 10.2 Å². The summed E-state index contributed by atoms with van der Waals surface area (Å²) in [5.41, 5.74) is 1.06. The second-order valence-electron chi connectivity index (χ2n) is 5.58. The molecule has 0 aliphatic carbocycles. The van der Waals surface area contributed by atoms with Gasteiger partial charge in [0.15, 0.2) is 11.5 Å². The van der Waals surface area contributed by atoms with Crippen molar-refractivity contribution in [1.29, 1.82) is 0 Å². The monoisotopic (exact) mass is 416 g/mol. The predicted octanol–water partition coefficient (Wildman–Crippen LogP) is 3.39. The van der Waals surface area contributed by atoms with Crippen molar-refractivity contribution in [2.45, 2.75) is 5.22 Å². The zero-order chi connectivity index (χ0) is 20.8. The Morgan fingerprint density at radius 1 is 1.14 bits per heavy atom. The highest BCUT2D eigenvalue weighted by Crippen LogP contribution is 2.32. The number of nitrogens with zero attached hydrogens (tertiary/aromatic N) is 3. The minimum absolute atomic E-state index is 0.0323. The number of rotatable bonds is 8. The van der Waals surface area contributed by atoms with E-state index in [1.54, 1.807) is 25.3 Å². The molecule has 0 saturated heterocycles. The summed E-state index contributed by atoms with van der Waals surface area (Å²) in [5.74, 6) is 1.11. The van der Waals surface area contributed by atoms with Crippen molar-refractivity contribution in [2.75, 3.05) is 25.3 Å². The number of nitro benzene ring substituents is 1. The third-order valence-electron chi connectivity index (χ3n) is 3.73. The lowest BCUT2D eigenvalue weighted by atomic mass is 10.2. The number of methoxy groups -OCH3 is 2. The molecule has 0 bridgehead atoms. The Hall–Kier alpha value is -3.60. The first-order chi connectivity index (χ1) is 14.0. The maximum atomic E-state index is 12.0. The lowest BCUT2D eigenvalue weighted by Crippen LogP contribution is -2.13. The summed E-state index contributed by atoms with van der Waals surface area (Å²) in [6, 6.07) is 10.7. The van der Waals surface area contributed by atoms with E-state index >= 15 is 0 Å². The highest BCUT2D eigenvalue weighted by atomic mass is 32.2. The van der Waals surface area contributed by atoms with Gasteiger partial charge in [-0.2, -0.15) is 0 Å². The Bertz CT molecular complexity index is 1020. The van der Waals surface area contributed by atoms with Gasteiger partial charge in [0.2, 0.25) is 11.8 Å². The second kappa shape index (κ2) is 9.06. The zero-order valence-corrected chi connectivity index (χ0v) is 16.3. The van der Waals surface area contributed by atoms with Crippen LogP contribution in [0.15, 0.2) is 52.1 Å². The molecule has 1 amide bonds. The van der Waals surface area contributed by atoms with Gasteiger partial charge in [0, 0.05) is 23.4 Å². The Morgan fingerprint density at radius 3 is 2.52 bits per heavy atom. The molecule has 0 atom stereocenters. The number of ether oxygens (including phenoxy) is 2. The van der Waals surface area contributed by atoms with Crippen molar-refractivity contribution >= 4 is 29.0 Å². The van der Waals surface area contributed by atoms with E-state index in [-0.39, 0.29) is 28.5 Å². The van der Waals surface area contributed by atoms with Crippen LogP contribution in [0, 0.1) is 10.1 Å². The van der Waals surface area contributed by atoms with Crippen LogP contribution in [0.3, 0.4) is 0 Å². The molecule has 0 spiro atoms. The molecule has 1 heterocycles. The molecule has 150 valence electrons. The largest absolute Gasteiger partial charge is 0.493 e. The number of carbonyl (C=O) groups is 1. The number of hydrogen-bond donors (Lipinski definition) is 1. The van der Waals surface area contributed by atoms with E-state index < -0.39 is 4.92 Å². The number of hydrogen-bond acceptors (Lipinski definition) is 9. The fraction of sp³-hybridized carbons (Fsp3) is 0.167.